The predicted octanol–water partition coefficient (Wildman–Crippen LogP) is 4.04. The number of halogens is 2. The Bertz CT molecular complexity index is 870. The van der Waals surface area contributed by atoms with E-state index in [-0.39, 0.29) is 23.2 Å². The van der Waals surface area contributed by atoms with Crippen molar-refractivity contribution < 1.29 is 19.6 Å². The van der Waals surface area contributed by atoms with Crippen LogP contribution in [0.25, 0.3) is 0 Å². The SMILES string of the molecule is O=C(CCc1ccc(Cl)cc1Cl)Nc1c(C[N+](=O)[O-])cccc1C(=O)O. The van der Waals surface area contributed by atoms with E-state index in [0.29, 0.717) is 22.0 Å². The Morgan fingerprint density at radius 3 is 2.50 bits per heavy atom. The molecular weight excluding hydrogens is 383 g/mol. The Morgan fingerprint density at radius 1 is 1.15 bits per heavy atom. The second kappa shape index (κ2) is 8.64. The summed E-state index contributed by atoms with van der Waals surface area (Å²) in [7, 11) is 0. The number of aryl methyl sites for hydroxylation is 1. The highest BCUT2D eigenvalue weighted by molar-refractivity contribution is 6.35. The van der Waals surface area contributed by atoms with E-state index in [2.05, 4.69) is 5.32 Å². The van der Waals surface area contributed by atoms with E-state index in [0.717, 1.165) is 0 Å². The average molecular weight is 397 g/mol. The second-order valence-electron chi connectivity index (χ2n) is 5.42. The molecule has 1 amide bonds. The summed E-state index contributed by atoms with van der Waals surface area (Å²) in [4.78, 5) is 33.8. The van der Waals surface area contributed by atoms with Crippen LogP contribution in [0.3, 0.4) is 0 Å². The number of amides is 1. The Labute approximate surface area is 158 Å². The average Bonchev–Trinajstić information content (AvgIpc) is 2.55. The summed E-state index contributed by atoms with van der Waals surface area (Å²) in [6, 6.07) is 8.98. The van der Waals surface area contributed by atoms with E-state index in [1.165, 1.54) is 18.2 Å². The number of carbonyl (C=O) groups is 2. The minimum absolute atomic E-state index is 0.0210. The van der Waals surface area contributed by atoms with Crippen molar-refractivity contribution >= 4 is 40.8 Å². The molecule has 2 aromatic carbocycles. The zero-order valence-electron chi connectivity index (χ0n) is 13.4. The Kier molecular flexibility index (Phi) is 6.54. The van der Waals surface area contributed by atoms with Gasteiger partial charge in [0.25, 0.3) is 0 Å². The molecule has 136 valence electrons. The number of nitrogens with one attached hydrogen (secondary N) is 1. The number of carboxylic acids is 1. The van der Waals surface area contributed by atoms with Crippen molar-refractivity contribution in [1.82, 2.24) is 0 Å². The lowest BCUT2D eigenvalue weighted by atomic mass is 10.1. The number of hydrogen-bond donors (Lipinski definition) is 2. The number of aromatic carboxylic acids is 1. The van der Waals surface area contributed by atoms with E-state index in [4.69, 9.17) is 23.2 Å². The van der Waals surface area contributed by atoms with E-state index < -0.39 is 23.3 Å². The molecule has 0 aliphatic rings. The van der Waals surface area contributed by atoms with Gasteiger partial charge in [-0.3, -0.25) is 14.9 Å². The van der Waals surface area contributed by atoms with Gasteiger partial charge in [-0.2, -0.15) is 0 Å². The van der Waals surface area contributed by atoms with E-state index >= 15 is 0 Å². The first-order valence-corrected chi connectivity index (χ1v) is 8.24. The van der Waals surface area contributed by atoms with Crippen LogP contribution in [0.5, 0.6) is 0 Å². The lowest BCUT2D eigenvalue weighted by Gasteiger charge is -2.12. The highest BCUT2D eigenvalue weighted by Gasteiger charge is 2.19. The van der Waals surface area contributed by atoms with Gasteiger partial charge in [0.1, 0.15) is 0 Å². The number of anilines is 1. The maximum Gasteiger partial charge on any atom is 0.337 e. The van der Waals surface area contributed by atoms with Crippen molar-refractivity contribution in [2.24, 2.45) is 0 Å². The van der Waals surface area contributed by atoms with E-state index in [9.17, 15) is 24.8 Å². The molecule has 0 radical (unpaired) electrons. The van der Waals surface area contributed by atoms with Gasteiger partial charge in [-0.15, -0.1) is 0 Å². The van der Waals surface area contributed by atoms with Crippen molar-refractivity contribution in [1.29, 1.82) is 0 Å². The molecule has 7 nitrogen and oxygen atoms in total. The van der Waals surface area contributed by atoms with Gasteiger partial charge in [0.05, 0.1) is 11.3 Å². The molecule has 0 heterocycles. The van der Waals surface area contributed by atoms with Crippen LogP contribution in [0.2, 0.25) is 10.0 Å². The van der Waals surface area contributed by atoms with Crippen molar-refractivity contribution in [3.8, 4) is 0 Å². The Hall–Kier alpha value is -2.64. The topological polar surface area (TPSA) is 110 Å². The van der Waals surface area contributed by atoms with Gasteiger partial charge < -0.3 is 10.4 Å². The molecule has 0 aliphatic heterocycles. The van der Waals surface area contributed by atoms with E-state index in [1.807, 2.05) is 0 Å². The molecule has 0 aliphatic carbocycles. The second-order valence-corrected chi connectivity index (χ2v) is 6.26. The molecule has 2 N–H and O–H groups in total. The van der Waals surface area contributed by atoms with Crippen molar-refractivity contribution in [2.75, 3.05) is 5.32 Å². The fourth-order valence-electron chi connectivity index (χ4n) is 2.37. The number of benzene rings is 2. The number of carbonyl (C=O) groups excluding carboxylic acids is 1. The Morgan fingerprint density at radius 2 is 1.88 bits per heavy atom. The molecule has 0 bridgehead atoms. The summed E-state index contributed by atoms with van der Waals surface area (Å²) >= 11 is 11.9. The number of rotatable bonds is 7. The summed E-state index contributed by atoms with van der Waals surface area (Å²) in [5.41, 5.74) is 0.558. The quantitative estimate of drug-likeness (QED) is 0.541. The van der Waals surface area contributed by atoms with Gasteiger partial charge in [0.15, 0.2) is 0 Å². The zero-order valence-corrected chi connectivity index (χ0v) is 14.9. The van der Waals surface area contributed by atoms with Crippen LogP contribution in [-0.2, 0) is 17.8 Å². The standard InChI is InChI=1S/C17H14Cl2N2O5/c18-12-6-4-10(14(19)8-12)5-7-15(22)20-16-11(9-21(25)26)2-1-3-13(16)17(23)24/h1-4,6,8H,5,7,9H2,(H,20,22)(H,23,24). The number of nitro groups is 1. The van der Waals surface area contributed by atoms with Gasteiger partial charge in [-0.25, -0.2) is 4.79 Å². The molecule has 0 saturated carbocycles. The van der Waals surface area contributed by atoms with Crippen LogP contribution in [0.1, 0.15) is 27.9 Å². The molecule has 0 fully saturated rings. The predicted molar refractivity (Wildman–Crippen MR) is 97.5 cm³/mol. The molecule has 2 aromatic rings. The highest BCUT2D eigenvalue weighted by Crippen LogP contribution is 2.24. The Balaban J connectivity index is 2.17. The van der Waals surface area contributed by atoms with Gasteiger partial charge >= 0.3 is 5.97 Å². The highest BCUT2D eigenvalue weighted by atomic mass is 35.5. The van der Waals surface area contributed by atoms with Crippen LogP contribution in [0.15, 0.2) is 36.4 Å². The van der Waals surface area contributed by atoms with Gasteiger partial charge in [-0.05, 0) is 30.2 Å². The first kappa shape index (κ1) is 19.7. The normalized spacial score (nSPS) is 10.4. The maximum absolute atomic E-state index is 12.2. The monoisotopic (exact) mass is 396 g/mol. The van der Waals surface area contributed by atoms with Gasteiger partial charge in [0.2, 0.25) is 12.5 Å². The molecule has 0 aromatic heterocycles. The molecule has 0 spiro atoms. The largest absolute Gasteiger partial charge is 0.478 e. The third-order valence-corrected chi connectivity index (χ3v) is 4.17. The summed E-state index contributed by atoms with van der Waals surface area (Å²) < 4.78 is 0. The number of para-hydroxylation sites is 1. The lowest BCUT2D eigenvalue weighted by Crippen LogP contribution is -2.18. The summed E-state index contributed by atoms with van der Waals surface area (Å²) in [5, 5.41) is 23.4. The van der Waals surface area contributed by atoms with Crippen LogP contribution >= 0.6 is 23.2 Å². The third kappa shape index (κ3) is 5.18. The maximum atomic E-state index is 12.2. The third-order valence-electron chi connectivity index (χ3n) is 3.58. The van der Waals surface area contributed by atoms with Crippen LogP contribution in [0, 0.1) is 10.1 Å². The summed E-state index contributed by atoms with van der Waals surface area (Å²) in [6.07, 6.45) is 0.328. The summed E-state index contributed by atoms with van der Waals surface area (Å²) in [6.45, 7) is -0.597. The van der Waals surface area contributed by atoms with E-state index in [1.54, 1.807) is 18.2 Å². The first-order chi connectivity index (χ1) is 12.3. The lowest BCUT2D eigenvalue weighted by molar-refractivity contribution is -0.496. The van der Waals surface area contributed by atoms with Crippen molar-refractivity contribution in [3.05, 3.63) is 73.2 Å². The fraction of sp³-hybridized carbons (Fsp3) is 0.176. The zero-order chi connectivity index (χ0) is 19.3. The number of hydrogen-bond acceptors (Lipinski definition) is 4. The number of nitrogens with zero attached hydrogens (tertiary/aromatic N) is 1. The minimum atomic E-state index is -1.29. The van der Waals surface area contributed by atoms with Crippen molar-refractivity contribution in [2.45, 2.75) is 19.4 Å². The van der Waals surface area contributed by atoms with Gasteiger partial charge in [-0.1, -0.05) is 41.4 Å². The molecule has 26 heavy (non-hydrogen) atoms. The molecule has 2 rings (SSSR count). The van der Waals surface area contributed by atoms with Crippen LogP contribution in [-0.4, -0.2) is 21.9 Å². The minimum Gasteiger partial charge on any atom is -0.478 e. The molecule has 0 unspecified atom stereocenters. The van der Waals surface area contributed by atoms with Crippen LogP contribution < -0.4 is 5.32 Å². The smallest absolute Gasteiger partial charge is 0.337 e. The van der Waals surface area contributed by atoms with Gasteiger partial charge in [0, 0.05) is 27.0 Å². The fourth-order valence-corrected chi connectivity index (χ4v) is 2.87. The molecular formula is C17H14Cl2N2O5. The summed E-state index contributed by atoms with van der Waals surface area (Å²) in [5.74, 6) is -1.76. The van der Waals surface area contributed by atoms with Crippen LogP contribution in [0.4, 0.5) is 5.69 Å². The first-order valence-electron chi connectivity index (χ1n) is 7.48. The molecule has 0 saturated heterocycles. The van der Waals surface area contributed by atoms with Crippen molar-refractivity contribution in [3.63, 3.8) is 0 Å². The molecule has 0 atom stereocenters. The number of carboxylic acid groups (broad SMARTS) is 1. The molecule has 9 heteroatoms.